The van der Waals surface area contributed by atoms with Gasteiger partial charge in [0.1, 0.15) is 30.5 Å². The van der Waals surface area contributed by atoms with Gasteiger partial charge >= 0.3 is 0 Å². The van der Waals surface area contributed by atoms with Crippen molar-refractivity contribution in [3.05, 3.63) is 48.6 Å². The van der Waals surface area contributed by atoms with Gasteiger partial charge in [0.15, 0.2) is 6.29 Å². The molecule has 1 heterocycles. The maximum Gasteiger partial charge on any atom is 0.249 e. The molecule has 0 aromatic carbocycles. The van der Waals surface area contributed by atoms with Gasteiger partial charge in [0, 0.05) is 0 Å². The van der Waals surface area contributed by atoms with Crippen LogP contribution in [0.3, 0.4) is 0 Å². The average Bonchev–Trinajstić information content (AvgIpc) is 3.34. The van der Waals surface area contributed by atoms with Crippen LogP contribution in [-0.2, 0) is 14.3 Å². The maximum absolute atomic E-state index is 13.1. The summed E-state index contributed by atoms with van der Waals surface area (Å²) in [4.78, 5) is 13.1. The summed E-state index contributed by atoms with van der Waals surface area (Å²) in [7, 11) is 0. The maximum atomic E-state index is 13.1. The summed E-state index contributed by atoms with van der Waals surface area (Å²) in [6.45, 7) is 3.59. The lowest BCUT2D eigenvalue weighted by Crippen LogP contribution is -2.60. The van der Waals surface area contributed by atoms with Crippen molar-refractivity contribution in [2.24, 2.45) is 0 Å². The van der Waals surface area contributed by atoms with E-state index in [0.717, 1.165) is 44.9 Å². The van der Waals surface area contributed by atoms with E-state index in [2.05, 4.69) is 55.6 Å². The van der Waals surface area contributed by atoms with E-state index in [1.807, 2.05) is 6.08 Å². The number of allylic oxidation sites excluding steroid dienone is 7. The molecule has 8 unspecified atom stereocenters. The number of hydrogen-bond acceptors (Lipinski definition) is 9. The molecule has 1 fully saturated rings. The van der Waals surface area contributed by atoms with Crippen LogP contribution in [-0.4, -0.2) is 98.7 Å². The number of nitrogens with one attached hydrogen (secondary N) is 1. The first-order chi connectivity index (χ1) is 33.3. The third-order valence-corrected chi connectivity index (χ3v) is 13.5. The number of carbonyl (C=O) groups is 1. The van der Waals surface area contributed by atoms with Crippen LogP contribution in [0.1, 0.15) is 251 Å². The normalized spacial score (nSPS) is 20.4. The Bertz CT molecular complexity index is 1220. The number of aliphatic hydroxyl groups is 6. The minimum Gasteiger partial charge on any atom is -0.394 e. The summed E-state index contributed by atoms with van der Waals surface area (Å²) in [6.07, 6.45) is 52.2. The van der Waals surface area contributed by atoms with Gasteiger partial charge < -0.3 is 45.4 Å². The third-order valence-electron chi connectivity index (χ3n) is 13.5. The van der Waals surface area contributed by atoms with Gasteiger partial charge in [-0.2, -0.15) is 0 Å². The van der Waals surface area contributed by atoms with E-state index in [1.54, 1.807) is 6.08 Å². The van der Waals surface area contributed by atoms with Crippen molar-refractivity contribution >= 4 is 5.91 Å². The van der Waals surface area contributed by atoms with Crippen LogP contribution in [0, 0.1) is 0 Å². The van der Waals surface area contributed by atoms with Crippen LogP contribution in [0.5, 0.6) is 0 Å². The molecule has 0 radical (unpaired) electrons. The quantitative estimate of drug-likeness (QED) is 0.0232. The van der Waals surface area contributed by atoms with Crippen LogP contribution >= 0.6 is 0 Å². The Balaban J connectivity index is 2.25. The Morgan fingerprint density at radius 2 is 0.868 bits per heavy atom. The second-order valence-electron chi connectivity index (χ2n) is 19.8. The van der Waals surface area contributed by atoms with Crippen molar-refractivity contribution in [2.75, 3.05) is 13.2 Å². The SMILES string of the molecule is CCCCCCC/C=C/CC/C=C/CC/C=C/C(O)C(COC1OC(CO)C(O)C(O)C1O)NC(=O)C(O)CCCCCCCCCCCCCC/C=C\CCCCCCCCCCCCCC. The minimum atomic E-state index is -1.62. The lowest BCUT2D eigenvalue weighted by atomic mass is 9.99. The molecule has 10 nitrogen and oxygen atoms in total. The van der Waals surface area contributed by atoms with E-state index in [4.69, 9.17) is 9.47 Å². The molecule has 68 heavy (non-hydrogen) atoms. The number of rotatable bonds is 48. The Morgan fingerprint density at radius 3 is 1.28 bits per heavy atom. The predicted molar refractivity (Wildman–Crippen MR) is 282 cm³/mol. The lowest BCUT2D eigenvalue weighted by molar-refractivity contribution is -0.302. The summed E-state index contributed by atoms with van der Waals surface area (Å²) in [5, 5.41) is 64.9. The highest BCUT2D eigenvalue weighted by Crippen LogP contribution is 2.23. The van der Waals surface area contributed by atoms with Crippen LogP contribution in [0.15, 0.2) is 48.6 Å². The van der Waals surface area contributed by atoms with Gasteiger partial charge in [0.2, 0.25) is 5.91 Å². The topological polar surface area (TPSA) is 169 Å². The molecule has 1 aliphatic heterocycles. The van der Waals surface area contributed by atoms with E-state index in [-0.39, 0.29) is 6.61 Å². The van der Waals surface area contributed by atoms with E-state index in [1.165, 1.54) is 173 Å². The van der Waals surface area contributed by atoms with Crippen LogP contribution in [0.25, 0.3) is 0 Å². The first-order valence-corrected chi connectivity index (χ1v) is 28.5. The molecule has 0 saturated carbocycles. The van der Waals surface area contributed by atoms with Gasteiger partial charge in [0.25, 0.3) is 0 Å². The zero-order valence-corrected chi connectivity index (χ0v) is 43.7. The molecule has 0 aliphatic carbocycles. The molecule has 1 saturated heterocycles. The van der Waals surface area contributed by atoms with Crippen molar-refractivity contribution < 1.29 is 44.9 Å². The number of carbonyl (C=O) groups excluding carboxylic acids is 1. The molecule has 0 aromatic rings. The molecule has 10 heteroatoms. The molecular formula is C58H107NO9. The highest BCUT2D eigenvalue weighted by atomic mass is 16.7. The summed E-state index contributed by atoms with van der Waals surface area (Å²) in [5.41, 5.74) is 0. The number of unbranched alkanes of at least 4 members (excludes halogenated alkanes) is 31. The Labute approximate surface area is 416 Å². The van der Waals surface area contributed by atoms with Gasteiger partial charge in [-0.25, -0.2) is 0 Å². The third kappa shape index (κ3) is 36.1. The Kier molecular flexibility index (Phi) is 44.7. The summed E-state index contributed by atoms with van der Waals surface area (Å²) >= 11 is 0. The van der Waals surface area contributed by atoms with Gasteiger partial charge in [-0.1, -0.05) is 229 Å². The van der Waals surface area contributed by atoms with E-state index < -0.39 is 61.5 Å². The van der Waals surface area contributed by atoms with Crippen LogP contribution in [0.4, 0.5) is 0 Å². The molecule has 1 aliphatic rings. The fourth-order valence-corrected chi connectivity index (χ4v) is 8.84. The molecule has 1 rings (SSSR count). The largest absolute Gasteiger partial charge is 0.394 e. The summed E-state index contributed by atoms with van der Waals surface area (Å²) < 4.78 is 11.2. The first kappa shape index (κ1) is 64.1. The smallest absolute Gasteiger partial charge is 0.249 e. The molecule has 1 amide bonds. The number of amides is 1. The van der Waals surface area contributed by atoms with Gasteiger partial charge in [0.05, 0.1) is 25.4 Å². The van der Waals surface area contributed by atoms with Crippen molar-refractivity contribution in [1.29, 1.82) is 0 Å². The lowest BCUT2D eigenvalue weighted by Gasteiger charge is -2.40. The van der Waals surface area contributed by atoms with Gasteiger partial charge in [-0.3, -0.25) is 4.79 Å². The zero-order valence-electron chi connectivity index (χ0n) is 43.7. The summed E-state index contributed by atoms with van der Waals surface area (Å²) in [6, 6.07) is -1.00. The standard InChI is InChI=1S/C58H107NO9/c1-3-5-7-9-11-13-15-17-19-20-21-22-23-24-25-26-27-28-29-30-31-33-35-37-39-41-43-45-47-52(62)57(66)59-50(49-67-58-56(65)55(64)54(63)53(48-60)68-58)51(61)46-44-42-40-38-36-34-32-18-16-14-12-10-8-6-4-2/h16,18,24-25,36,38,44,46,50-56,58,60-65H,3-15,17,19-23,26-35,37,39-43,45,47-49H2,1-2H3,(H,59,66)/b18-16+,25-24-,38-36+,46-44+. The zero-order chi connectivity index (χ0) is 49.6. The van der Waals surface area contributed by atoms with E-state index in [0.29, 0.717) is 19.3 Å². The molecule has 0 spiro atoms. The van der Waals surface area contributed by atoms with Crippen LogP contribution < -0.4 is 5.32 Å². The van der Waals surface area contributed by atoms with Crippen LogP contribution in [0.2, 0.25) is 0 Å². The monoisotopic (exact) mass is 962 g/mol. The molecule has 398 valence electrons. The average molecular weight is 962 g/mol. The molecule has 7 N–H and O–H groups in total. The second kappa shape index (κ2) is 47.4. The van der Waals surface area contributed by atoms with Crippen molar-refractivity contribution in [3.8, 4) is 0 Å². The van der Waals surface area contributed by atoms with Crippen molar-refractivity contribution in [1.82, 2.24) is 5.32 Å². The van der Waals surface area contributed by atoms with Crippen molar-refractivity contribution in [3.63, 3.8) is 0 Å². The molecular weight excluding hydrogens is 855 g/mol. The first-order valence-electron chi connectivity index (χ1n) is 28.5. The number of ether oxygens (including phenoxy) is 2. The highest BCUT2D eigenvalue weighted by Gasteiger charge is 2.44. The Hall–Kier alpha value is -1.89. The van der Waals surface area contributed by atoms with E-state index in [9.17, 15) is 35.4 Å². The second-order valence-corrected chi connectivity index (χ2v) is 19.8. The molecule has 0 bridgehead atoms. The van der Waals surface area contributed by atoms with Crippen molar-refractivity contribution in [2.45, 2.75) is 300 Å². The fourth-order valence-electron chi connectivity index (χ4n) is 8.84. The fraction of sp³-hybridized carbons (Fsp3) is 0.845. The highest BCUT2D eigenvalue weighted by molar-refractivity contribution is 5.80. The van der Waals surface area contributed by atoms with Gasteiger partial charge in [-0.15, -0.1) is 0 Å². The van der Waals surface area contributed by atoms with Gasteiger partial charge in [-0.05, 0) is 70.6 Å². The number of aliphatic hydroxyl groups excluding tert-OH is 6. The molecule has 8 atom stereocenters. The number of hydrogen-bond donors (Lipinski definition) is 7. The van der Waals surface area contributed by atoms with E-state index >= 15 is 0 Å². The summed E-state index contributed by atoms with van der Waals surface area (Å²) in [5.74, 6) is -0.630. The minimum absolute atomic E-state index is 0.300. The Morgan fingerprint density at radius 1 is 0.500 bits per heavy atom. The molecule has 0 aromatic heterocycles. The predicted octanol–water partition coefficient (Wildman–Crippen LogP) is 12.7.